The van der Waals surface area contributed by atoms with Gasteiger partial charge in [0.1, 0.15) is 0 Å². The predicted molar refractivity (Wildman–Crippen MR) is 124 cm³/mol. The summed E-state index contributed by atoms with van der Waals surface area (Å²) in [7, 11) is 1.36. The Morgan fingerprint density at radius 2 is 2.03 bits per heavy atom. The summed E-state index contributed by atoms with van der Waals surface area (Å²) in [5.74, 6) is -0.407. The highest BCUT2D eigenvalue weighted by molar-refractivity contribution is 5.96. The van der Waals surface area contributed by atoms with Gasteiger partial charge in [0.15, 0.2) is 0 Å². The number of amides is 1. The molecule has 1 N–H and O–H groups in total. The molecule has 5 rings (SSSR count). The standard InChI is InChI=1S/C25H24N4O4/c1-15-4-3-5-17-23(15)26-14-29(24(17)31)11-9-22(30)28-10-8-21-19(13-28)18-12-16(25(32)33-2)6-7-20(18)27-21/h3-7,12,14,27H,8-11,13H2,1-2H3. The molecule has 0 radical (unpaired) electrons. The molecule has 8 heteroatoms. The van der Waals surface area contributed by atoms with Gasteiger partial charge in [0, 0.05) is 54.6 Å². The highest BCUT2D eigenvalue weighted by atomic mass is 16.5. The maximum Gasteiger partial charge on any atom is 0.337 e. The van der Waals surface area contributed by atoms with Crippen molar-refractivity contribution in [1.82, 2.24) is 19.4 Å². The summed E-state index contributed by atoms with van der Waals surface area (Å²) in [4.78, 5) is 47.4. The lowest BCUT2D eigenvalue weighted by Gasteiger charge is -2.27. The van der Waals surface area contributed by atoms with Gasteiger partial charge in [-0.15, -0.1) is 0 Å². The molecule has 0 spiro atoms. The van der Waals surface area contributed by atoms with E-state index in [1.165, 1.54) is 18.0 Å². The number of hydrogen-bond acceptors (Lipinski definition) is 5. The smallest absolute Gasteiger partial charge is 0.337 e. The normalized spacial score (nSPS) is 13.3. The number of aryl methyl sites for hydroxylation is 2. The maximum absolute atomic E-state index is 13.0. The number of H-pyrrole nitrogens is 1. The average molecular weight is 444 g/mol. The van der Waals surface area contributed by atoms with Gasteiger partial charge in [0.25, 0.3) is 5.56 Å². The van der Waals surface area contributed by atoms with Crippen LogP contribution in [0.4, 0.5) is 0 Å². The van der Waals surface area contributed by atoms with E-state index in [1.54, 1.807) is 12.1 Å². The molecule has 4 aromatic rings. The molecule has 1 amide bonds. The molecule has 0 saturated heterocycles. The number of ether oxygens (including phenoxy) is 1. The largest absolute Gasteiger partial charge is 0.465 e. The van der Waals surface area contributed by atoms with E-state index in [0.717, 1.165) is 27.7 Å². The van der Waals surface area contributed by atoms with Crippen LogP contribution < -0.4 is 5.56 Å². The van der Waals surface area contributed by atoms with Gasteiger partial charge >= 0.3 is 5.97 Å². The van der Waals surface area contributed by atoms with E-state index in [-0.39, 0.29) is 30.4 Å². The van der Waals surface area contributed by atoms with Crippen LogP contribution in [0.1, 0.15) is 33.6 Å². The minimum absolute atomic E-state index is 0.0182. The number of fused-ring (bicyclic) bond motifs is 4. The van der Waals surface area contributed by atoms with Gasteiger partial charge in [-0.2, -0.15) is 0 Å². The minimum atomic E-state index is -0.389. The van der Waals surface area contributed by atoms with Crippen LogP contribution in [0.3, 0.4) is 0 Å². The number of nitrogens with one attached hydrogen (secondary N) is 1. The number of benzene rings is 2. The molecule has 0 atom stereocenters. The highest BCUT2D eigenvalue weighted by Gasteiger charge is 2.24. The summed E-state index contributed by atoms with van der Waals surface area (Å²) in [6.45, 7) is 3.26. The van der Waals surface area contributed by atoms with Gasteiger partial charge in [0.2, 0.25) is 5.91 Å². The molecular formula is C25H24N4O4. The first-order valence-corrected chi connectivity index (χ1v) is 10.9. The first-order chi connectivity index (χ1) is 16.0. The Bertz CT molecular complexity index is 1470. The first-order valence-electron chi connectivity index (χ1n) is 10.9. The van der Waals surface area contributed by atoms with Crippen molar-refractivity contribution in [2.75, 3.05) is 13.7 Å². The Labute approximate surface area is 189 Å². The molecular weight excluding hydrogens is 420 g/mol. The molecule has 0 bridgehead atoms. The number of esters is 1. The fraction of sp³-hybridized carbons (Fsp3) is 0.280. The lowest BCUT2D eigenvalue weighted by atomic mass is 10.0. The Morgan fingerprint density at radius 3 is 2.85 bits per heavy atom. The summed E-state index contributed by atoms with van der Waals surface area (Å²) in [6.07, 6.45) is 2.44. The predicted octanol–water partition coefficient (Wildman–Crippen LogP) is 2.95. The van der Waals surface area contributed by atoms with Crippen LogP contribution in [-0.2, 0) is 29.0 Å². The second-order valence-electron chi connectivity index (χ2n) is 8.36. The summed E-state index contributed by atoms with van der Waals surface area (Å²) in [5, 5.41) is 1.49. The van der Waals surface area contributed by atoms with E-state index < -0.39 is 0 Å². The van der Waals surface area contributed by atoms with E-state index in [2.05, 4.69) is 9.97 Å². The van der Waals surface area contributed by atoms with Crippen molar-refractivity contribution < 1.29 is 14.3 Å². The Kier molecular flexibility index (Phi) is 5.20. The molecule has 0 aliphatic carbocycles. The Hall–Kier alpha value is -3.94. The zero-order chi connectivity index (χ0) is 23.1. The van der Waals surface area contributed by atoms with Crippen molar-refractivity contribution in [1.29, 1.82) is 0 Å². The lowest BCUT2D eigenvalue weighted by Crippen LogP contribution is -2.36. The number of aromatic amines is 1. The number of methoxy groups -OCH3 is 1. The van der Waals surface area contributed by atoms with Crippen molar-refractivity contribution in [3.63, 3.8) is 0 Å². The van der Waals surface area contributed by atoms with Gasteiger partial charge in [0.05, 0.1) is 29.9 Å². The van der Waals surface area contributed by atoms with Crippen LogP contribution in [0.5, 0.6) is 0 Å². The number of aromatic nitrogens is 3. The molecule has 168 valence electrons. The second-order valence-corrected chi connectivity index (χ2v) is 8.36. The van der Waals surface area contributed by atoms with Gasteiger partial charge in [-0.25, -0.2) is 9.78 Å². The average Bonchev–Trinajstić information content (AvgIpc) is 3.20. The quantitative estimate of drug-likeness (QED) is 0.488. The van der Waals surface area contributed by atoms with Gasteiger partial charge in [-0.1, -0.05) is 12.1 Å². The van der Waals surface area contributed by atoms with Crippen molar-refractivity contribution >= 4 is 33.7 Å². The topological polar surface area (TPSA) is 97.3 Å². The molecule has 33 heavy (non-hydrogen) atoms. The molecule has 1 aliphatic heterocycles. The molecule has 0 unspecified atom stereocenters. The summed E-state index contributed by atoms with van der Waals surface area (Å²) in [5.41, 5.74) is 5.03. The van der Waals surface area contributed by atoms with Gasteiger partial charge in [-0.05, 0) is 36.8 Å². The van der Waals surface area contributed by atoms with Crippen molar-refractivity contribution in [2.24, 2.45) is 0 Å². The van der Waals surface area contributed by atoms with Crippen LogP contribution in [0.2, 0.25) is 0 Å². The van der Waals surface area contributed by atoms with Crippen LogP contribution in [0.25, 0.3) is 21.8 Å². The van der Waals surface area contributed by atoms with Crippen LogP contribution in [0.15, 0.2) is 47.5 Å². The zero-order valence-electron chi connectivity index (χ0n) is 18.6. The SMILES string of the molecule is COC(=O)c1ccc2[nH]c3c(c2c1)CN(C(=O)CCn1cnc2c(C)cccc2c1=O)CC3. The molecule has 2 aromatic carbocycles. The third-order valence-electron chi connectivity index (χ3n) is 6.37. The number of hydrogen-bond donors (Lipinski definition) is 1. The molecule has 8 nitrogen and oxygen atoms in total. The van der Waals surface area contributed by atoms with Crippen LogP contribution in [-0.4, -0.2) is 45.0 Å². The van der Waals surface area contributed by atoms with Crippen molar-refractivity contribution in [3.05, 3.63) is 75.5 Å². The number of carbonyl (C=O) groups excluding carboxylic acids is 2. The fourth-order valence-electron chi connectivity index (χ4n) is 4.54. The molecule has 2 aromatic heterocycles. The number of rotatable bonds is 4. The molecule has 1 aliphatic rings. The van der Waals surface area contributed by atoms with Gasteiger partial charge in [-0.3, -0.25) is 14.2 Å². The maximum atomic E-state index is 13.0. The number of carbonyl (C=O) groups is 2. The highest BCUT2D eigenvalue weighted by Crippen LogP contribution is 2.29. The van der Waals surface area contributed by atoms with Crippen molar-refractivity contribution in [3.8, 4) is 0 Å². The van der Waals surface area contributed by atoms with E-state index in [9.17, 15) is 14.4 Å². The Morgan fingerprint density at radius 1 is 1.18 bits per heavy atom. The third kappa shape index (κ3) is 3.67. The second kappa shape index (κ2) is 8.20. The first kappa shape index (κ1) is 20.9. The third-order valence-corrected chi connectivity index (χ3v) is 6.37. The number of para-hydroxylation sites is 1. The summed E-state index contributed by atoms with van der Waals surface area (Å²) >= 11 is 0. The van der Waals surface area contributed by atoms with Crippen LogP contribution >= 0.6 is 0 Å². The van der Waals surface area contributed by atoms with E-state index in [1.807, 2.05) is 36.1 Å². The zero-order valence-corrected chi connectivity index (χ0v) is 18.6. The fourth-order valence-corrected chi connectivity index (χ4v) is 4.54. The lowest BCUT2D eigenvalue weighted by molar-refractivity contribution is -0.132. The monoisotopic (exact) mass is 444 g/mol. The van der Waals surface area contributed by atoms with E-state index >= 15 is 0 Å². The van der Waals surface area contributed by atoms with Crippen LogP contribution in [0, 0.1) is 6.92 Å². The Balaban J connectivity index is 1.34. The van der Waals surface area contributed by atoms with Gasteiger partial charge < -0.3 is 14.6 Å². The van der Waals surface area contributed by atoms with Crippen molar-refractivity contribution in [2.45, 2.75) is 32.9 Å². The molecule has 0 fully saturated rings. The van der Waals surface area contributed by atoms with E-state index in [4.69, 9.17) is 4.74 Å². The van der Waals surface area contributed by atoms with E-state index in [0.29, 0.717) is 36.0 Å². The summed E-state index contributed by atoms with van der Waals surface area (Å²) < 4.78 is 6.34. The minimum Gasteiger partial charge on any atom is -0.465 e. The number of nitrogens with zero attached hydrogens (tertiary/aromatic N) is 3. The molecule has 3 heterocycles. The molecule has 0 saturated carbocycles. The summed E-state index contributed by atoms with van der Waals surface area (Å²) in [6, 6.07) is 10.9.